The van der Waals surface area contributed by atoms with Crippen LogP contribution < -0.4 is 5.32 Å². The summed E-state index contributed by atoms with van der Waals surface area (Å²) in [6.07, 6.45) is 3.00. The predicted octanol–water partition coefficient (Wildman–Crippen LogP) is 2.24. The number of nitrogens with zero attached hydrogens (tertiary/aromatic N) is 2. The molecule has 5 nitrogen and oxygen atoms in total. The van der Waals surface area contributed by atoms with Gasteiger partial charge in [-0.2, -0.15) is 0 Å². The Bertz CT molecular complexity index is 807. The van der Waals surface area contributed by atoms with Crippen molar-refractivity contribution < 1.29 is 13.9 Å². The van der Waals surface area contributed by atoms with Crippen molar-refractivity contribution in [3.8, 4) is 0 Å². The predicted molar refractivity (Wildman–Crippen MR) is 98.8 cm³/mol. The van der Waals surface area contributed by atoms with Gasteiger partial charge in [-0.15, -0.1) is 0 Å². The highest BCUT2D eigenvalue weighted by molar-refractivity contribution is 5.88. The maximum Gasteiger partial charge on any atom is 0.240 e. The smallest absolute Gasteiger partial charge is 0.240 e. The highest BCUT2D eigenvalue weighted by atomic mass is 19.1. The van der Waals surface area contributed by atoms with E-state index in [-0.39, 0.29) is 11.7 Å². The summed E-state index contributed by atoms with van der Waals surface area (Å²) >= 11 is 0. The highest BCUT2D eigenvalue weighted by Gasteiger charge is 2.24. The second-order valence-corrected chi connectivity index (χ2v) is 7.36. The SMILES string of the molecule is Cc1c(CCN2CCOCC2)c2cc(F)ccc2n1CC(=O)NC1CC1. The molecule has 0 radical (unpaired) electrons. The number of rotatable bonds is 6. The first kappa shape index (κ1) is 17.5. The lowest BCUT2D eigenvalue weighted by Gasteiger charge is -2.26. The van der Waals surface area contributed by atoms with Gasteiger partial charge in [-0.3, -0.25) is 9.69 Å². The highest BCUT2D eigenvalue weighted by Crippen LogP contribution is 2.28. The van der Waals surface area contributed by atoms with Crippen molar-refractivity contribution in [2.45, 2.75) is 38.8 Å². The van der Waals surface area contributed by atoms with Gasteiger partial charge in [0.05, 0.1) is 13.2 Å². The summed E-state index contributed by atoms with van der Waals surface area (Å²) in [6.45, 7) is 6.69. The third-order valence-electron chi connectivity index (χ3n) is 5.44. The summed E-state index contributed by atoms with van der Waals surface area (Å²) in [4.78, 5) is 14.7. The first-order valence-corrected chi connectivity index (χ1v) is 9.48. The van der Waals surface area contributed by atoms with E-state index in [2.05, 4.69) is 10.2 Å². The van der Waals surface area contributed by atoms with Crippen LogP contribution in [0.3, 0.4) is 0 Å². The number of carbonyl (C=O) groups excluding carboxylic acids is 1. The Labute approximate surface area is 153 Å². The van der Waals surface area contributed by atoms with Crippen molar-refractivity contribution >= 4 is 16.8 Å². The minimum atomic E-state index is -0.232. The molecular weight excluding hydrogens is 333 g/mol. The van der Waals surface area contributed by atoms with E-state index in [1.165, 1.54) is 6.07 Å². The third kappa shape index (κ3) is 3.76. The largest absolute Gasteiger partial charge is 0.379 e. The molecule has 2 fully saturated rings. The van der Waals surface area contributed by atoms with Crippen LogP contribution in [0.1, 0.15) is 24.1 Å². The maximum absolute atomic E-state index is 13.9. The van der Waals surface area contributed by atoms with Gasteiger partial charge in [-0.1, -0.05) is 0 Å². The van der Waals surface area contributed by atoms with Gasteiger partial charge >= 0.3 is 0 Å². The van der Waals surface area contributed by atoms with Crippen molar-refractivity contribution in [3.05, 3.63) is 35.3 Å². The molecule has 0 spiro atoms. The molecule has 2 aromatic rings. The summed E-state index contributed by atoms with van der Waals surface area (Å²) in [5.74, 6) is -0.193. The van der Waals surface area contributed by atoms with Crippen molar-refractivity contribution in [3.63, 3.8) is 0 Å². The Morgan fingerprint density at radius 1 is 1.31 bits per heavy atom. The molecule has 2 heterocycles. The Kier molecular flexibility index (Phi) is 4.96. The summed E-state index contributed by atoms with van der Waals surface area (Å²) < 4.78 is 21.3. The zero-order valence-electron chi connectivity index (χ0n) is 15.3. The Hall–Kier alpha value is -1.92. The molecule has 1 aromatic carbocycles. The van der Waals surface area contributed by atoms with Gasteiger partial charge in [0.1, 0.15) is 12.4 Å². The average Bonchev–Trinajstić information content (AvgIpc) is 3.41. The number of benzene rings is 1. The first-order valence-electron chi connectivity index (χ1n) is 9.48. The number of morpholine rings is 1. The van der Waals surface area contributed by atoms with E-state index >= 15 is 0 Å². The zero-order valence-corrected chi connectivity index (χ0v) is 15.3. The number of carbonyl (C=O) groups is 1. The van der Waals surface area contributed by atoms with Gasteiger partial charge in [0, 0.05) is 42.3 Å². The van der Waals surface area contributed by atoms with E-state index in [1.807, 2.05) is 11.5 Å². The number of nitrogens with one attached hydrogen (secondary N) is 1. The minimum Gasteiger partial charge on any atom is -0.379 e. The lowest BCUT2D eigenvalue weighted by Crippen LogP contribution is -2.37. The molecule has 140 valence electrons. The minimum absolute atomic E-state index is 0.0385. The van der Waals surface area contributed by atoms with Gasteiger partial charge in [0.25, 0.3) is 0 Å². The summed E-state index contributed by atoms with van der Waals surface area (Å²) in [5.41, 5.74) is 3.14. The fraction of sp³-hybridized carbons (Fsp3) is 0.550. The molecule has 1 aromatic heterocycles. The lowest BCUT2D eigenvalue weighted by atomic mass is 10.1. The normalized spacial score (nSPS) is 18.4. The molecule has 26 heavy (non-hydrogen) atoms. The molecule has 6 heteroatoms. The van der Waals surface area contributed by atoms with Crippen LogP contribution in [0.2, 0.25) is 0 Å². The number of hydrogen-bond donors (Lipinski definition) is 1. The van der Waals surface area contributed by atoms with Crippen LogP contribution in [-0.2, 0) is 22.5 Å². The number of halogens is 1. The van der Waals surface area contributed by atoms with Crippen LogP contribution in [0.25, 0.3) is 10.9 Å². The molecule has 1 saturated carbocycles. The molecule has 1 aliphatic carbocycles. The van der Waals surface area contributed by atoms with Crippen molar-refractivity contribution in [2.75, 3.05) is 32.8 Å². The quantitative estimate of drug-likeness (QED) is 0.860. The van der Waals surface area contributed by atoms with Gasteiger partial charge in [0.15, 0.2) is 0 Å². The lowest BCUT2D eigenvalue weighted by molar-refractivity contribution is -0.121. The molecule has 1 N–H and O–H groups in total. The zero-order chi connectivity index (χ0) is 18.1. The van der Waals surface area contributed by atoms with Crippen LogP contribution in [0, 0.1) is 12.7 Å². The number of fused-ring (bicyclic) bond motifs is 1. The Balaban J connectivity index is 1.59. The third-order valence-corrected chi connectivity index (χ3v) is 5.44. The summed E-state index contributed by atoms with van der Waals surface area (Å²) in [6, 6.07) is 5.22. The molecule has 0 unspecified atom stereocenters. The maximum atomic E-state index is 13.9. The molecule has 0 bridgehead atoms. The van der Waals surface area contributed by atoms with Crippen molar-refractivity contribution in [1.29, 1.82) is 0 Å². The molecule has 0 atom stereocenters. The molecule has 4 rings (SSSR count). The second kappa shape index (κ2) is 7.37. The monoisotopic (exact) mass is 359 g/mol. The standard InChI is InChI=1S/C20H26FN3O2/c1-14-17(6-7-23-8-10-26-11-9-23)18-12-15(21)2-5-19(18)24(14)13-20(25)22-16-3-4-16/h2,5,12,16H,3-4,6-11,13H2,1H3,(H,22,25). The molecular formula is C20H26FN3O2. The number of ether oxygens (including phenoxy) is 1. The van der Waals surface area contributed by atoms with Gasteiger partial charge < -0.3 is 14.6 Å². The first-order chi connectivity index (χ1) is 12.6. The second-order valence-electron chi connectivity index (χ2n) is 7.36. The van der Waals surface area contributed by atoms with E-state index in [9.17, 15) is 9.18 Å². The van der Waals surface area contributed by atoms with Crippen molar-refractivity contribution in [1.82, 2.24) is 14.8 Å². The van der Waals surface area contributed by atoms with Crippen molar-refractivity contribution in [2.24, 2.45) is 0 Å². The molecule has 2 aliphatic rings. The molecule has 1 aliphatic heterocycles. The van der Waals surface area contributed by atoms with E-state index in [4.69, 9.17) is 4.74 Å². The van der Waals surface area contributed by atoms with Gasteiger partial charge in [0.2, 0.25) is 5.91 Å². The number of hydrogen-bond acceptors (Lipinski definition) is 3. The van der Waals surface area contributed by atoms with Gasteiger partial charge in [-0.25, -0.2) is 4.39 Å². The topological polar surface area (TPSA) is 46.5 Å². The van der Waals surface area contributed by atoms with Crippen LogP contribution in [-0.4, -0.2) is 54.3 Å². The Morgan fingerprint density at radius 2 is 2.08 bits per heavy atom. The van der Waals surface area contributed by atoms with Gasteiger partial charge in [-0.05, 0) is 49.9 Å². The summed E-state index contributed by atoms with van der Waals surface area (Å²) in [5, 5.41) is 3.97. The van der Waals surface area contributed by atoms with E-state index in [0.29, 0.717) is 12.6 Å². The molecule has 1 amide bonds. The van der Waals surface area contributed by atoms with Crippen LogP contribution in [0.15, 0.2) is 18.2 Å². The van der Waals surface area contributed by atoms with Crippen LogP contribution in [0.5, 0.6) is 0 Å². The molecule has 1 saturated heterocycles. The van der Waals surface area contributed by atoms with Crippen LogP contribution in [0.4, 0.5) is 4.39 Å². The number of amides is 1. The summed E-state index contributed by atoms with van der Waals surface area (Å²) in [7, 11) is 0. The fourth-order valence-electron chi connectivity index (χ4n) is 3.78. The average molecular weight is 359 g/mol. The van der Waals surface area contributed by atoms with E-state index in [0.717, 1.165) is 74.3 Å². The van der Waals surface area contributed by atoms with Crippen LogP contribution >= 0.6 is 0 Å². The van der Waals surface area contributed by atoms with E-state index < -0.39 is 0 Å². The Morgan fingerprint density at radius 3 is 2.81 bits per heavy atom. The van der Waals surface area contributed by atoms with E-state index in [1.54, 1.807) is 12.1 Å². The number of aromatic nitrogens is 1. The fourth-order valence-corrected chi connectivity index (χ4v) is 3.78.